The molecule has 0 spiro atoms. The molecular weight excluding hydrogens is 151 g/mol. The van der Waals surface area contributed by atoms with E-state index in [1.807, 2.05) is 0 Å². The molecule has 1 atom stereocenters. The summed E-state index contributed by atoms with van der Waals surface area (Å²) in [5.74, 6) is -0.182. The Labute approximate surface area is 63.4 Å². The molecular formula is C6H14O3P+. The summed E-state index contributed by atoms with van der Waals surface area (Å²) in [4.78, 5) is 10.1. The molecule has 60 valence electrons. The molecule has 4 heteroatoms. The van der Waals surface area contributed by atoms with Crippen LogP contribution in [-0.4, -0.2) is 12.6 Å². The van der Waals surface area contributed by atoms with Crippen LogP contribution < -0.4 is 0 Å². The van der Waals surface area contributed by atoms with Crippen LogP contribution in [0, 0.1) is 0 Å². The fourth-order valence-electron chi connectivity index (χ4n) is 0.360. The molecule has 0 aromatic rings. The van der Waals surface area contributed by atoms with E-state index in [-0.39, 0.29) is 5.97 Å². The van der Waals surface area contributed by atoms with E-state index in [1.165, 1.54) is 16.0 Å². The Morgan fingerprint density at radius 1 is 1.50 bits per heavy atom. The third-order valence-electron chi connectivity index (χ3n) is 0.803. The van der Waals surface area contributed by atoms with E-state index in [0.717, 1.165) is 12.8 Å². The fraction of sp³-hybridized carbons (Fsp3) is 0.833. The normalized spacial score (nSPS) is 7.40. The Kier molecular flexibility index (Phi) is 14.0. The molecule has 0 heterocycles. The molecule has 1 unspecified atom stereocenters. The quantitative estimate of drug-likeness (QED) is 0.362. The van der Waals surface area contributed by atoms with Gasteiger partial charge in [0.15, 0.2) is 0 Å². The summed E-state index contributed by atoms with van der Waals surface area (Å²) in [6, 6.07) is 0. The van der Waals surface area contributed by atoms with Gasteiger partial charge in [-0.2, -0.15) is 0 Å². The highest BCUT2D eigenvalue weighted by molar-refractivity contribution is 7.00. The molecule has 0 bridgehead atoms. The van der Waals surface area contributed by atoms with Crippen LogP contribution in [0.3, 0.4) is 0 Å². The Morgan fingerprint density at radius 3 is 2.30 bits per heavy atom. The van der Waals surface area contributed by atoms with Crippen molar-refractivity contribution in [2.75, 3.05) is 6.61 Å². The Hall–Kier alpha value is -0.430. The number of carbonyl (C=O) groups is 1. The zero-order valence-corrected chi connectivity index (χ0v) is 7.58. The molecule has 0 aromatic heterocycles. The minimum absolute atomic E-state index is 0.182. The fourth-order valence-corrected chi connectivity index (χ4v) is 0.360. The Morgan fingerprint density at radius 2 is 2.00 bits per heavy atom. The van der Waals surface area contributed by atoms with Crippen LogP contribution in [0.1, 0.15) is 26.7 Å². The van der Waals surface area contributed by atoms with Crippen LogP contribution in [-0.2, 0) is 14.1 Å². The van der Waals surface area contributed by atoms with Crippen molar-refractivity contribution < 1.29 is 14.1 Å². The van der Waals surface area contributed by atoms with Crippen LogP contribution in [0.25, 0.3) is 0 Å². The van der Waals surface area contributed by atoms with Gasteiger partial charge in [0.25, 0.3) is 0 Å². The summed E-state index contributed by atoms with van der Waals surface area (Å²) in [6.07, 6.45) is 2.05. The van der Waals surface area contributed by atoms with Crippen molar-refractivity contribution in [3.05, 3.63) is 0 Å². The summed E-state index contributed by atoms with van der Waals surface area (Å²) in [7, 11) is 1.17. The van der Waals surface area contributed by atoms with E-state index in [9.17, 15) is 4.79 Å². The molecule has 0 fully saturated rings. The van der Waals surface area contributed by atoms with Crippen molar-refractivity contribution in [2.45, 2.75) is 26.7 Å². The average Bonchev–Trinajstić information content (AvgIpc) is 1.92. The van der Waals surface area contributed by atoms with Gasteiger partial charge in [-0.3, -0.25) is 4.79 Å². The van der Waals surface area contributed by atoms with Gasteiger partial charge in [0, 0.05) is 6.92 Å². The highest BCUT2D eigenvalue weighted by Gasteiger charge is 1.88. The molecule has 0 N–H and O–H groups in total. The minimum atomic E-state index is -0.182. The molecule has 0 aliphatic heterocycles. The van der Waals surface area contributed by atoms with E-state index in [4.69, 9.17) is 4.57 Å². The maximum atomic E-state index is 10.1. The van der Waals surface area contributed by atoms with E-state index < -0.39 is 0 Å². The molecule has 0 aromatic carbocycles. The van der Waals surface area contributed by atoms with Crippen molar-refractivity contribution in [3.63, 3.8) is 0 Å². The van der Waals surface area contributed by atoms with Crippen LogP contribution in [0.2, 0.25) is 0 Å². The average molecular weight is 165 g/mol. The molecule has 10 heavy (non-hydrogen) atoms. The third-order valence-corrected chi connectivity index (χ3v) is 0.803. The highest BCUT2D eigenvalue weighted by Crippen LogP contribution is 1.86. The van der Waals surface area contributed by atoms with Crippen molar-refractivity contribution >= 4 is 15.1 Å². The molecule has 3 nitrogen and oxygen atoms in total. The number of rotatable bonds is 3. The smallest absolute Gasteiger partial charge is 0.310 e. The maximum absolute atomic E-state index is 10.1. The van der Waals surface area contributed by atoms with Gasteiger partial charge in [0.05, 0.1) is 6.61 Å². The second-order valence-corrected chi connectivity index (χ2v) is 1.69. The lowest BCUT2D eigenvalue weighted by atomic mass is 10.4. The first kappa shape index (κ1) is 12.3. The lowest BCUT2D eigenvalue weighted by Crippen LogP contribution is -1.99. The first-order chi connectivity index (χ1) is 4.77. The SMILES string of the molecule is CCCCOC(C)=O.O=[PH2+]. The van der Waals surface area contributed by atoms with Crippen molar-refractivity contribution in [1.82, 2.24) is 0 Å². The Bertz CT molecular complexity index is 85.1. The largest absolute Gasteiger partial charge is 0.466 e. The predicted octanol–water partition coefficient (Wildman–Crippen LogP) is 1.56. The van der Waals surface area contributed by atoms with E-state index in [0.29, 0.717) is 6.61 Å². The Balaban J connectivity index is 0. The van der Waals surface area contributed by atoms with Gasteiger partial charge < -0.3 is 4.74 Å². The van der Waals surface area contributed by atoms with Gasteiger partial charge in [-0.15, -0.1) is 0 Å². The van der Waals surface area contributed by atoms with Crippen LogP contribution >= 0.6 is 9.12 Å². The third kappa shape index (κ3) is 15.6. The van der Waals surface area contributed by atoms with Crippen LogP contribution in [0.15, 0.2) is 0 Å². The first-order valence-corrected chi connectivity index (χ1v) is 3.61. The summed E-state index contributed by atoms with van der Waals surface area (Å²) in [5, 5.41) is 0. The first-order valence-electron chi connectivity index (χ1n) is 3.14. The number of carbonyl (C=O) groups excluding carboxylic acids is 1. The maximum Gasteiger partial charge on any atom is 0.310 e. The molecule has 0 aliphatic rings. The zero-order chi connectivity index (χ0) is 8.41. The van der Waals surface area contributed by atoms with Gasteiger partial charge in [-0.05, 0) is 6.42 Å². The standard InChI is InChI=1S/C6H12O2.H2OP/c1-3-4-5-8-6(2)7;1-2/h3-5H2,1-2H3;2H2/q;+1. The van der Waals surface area contributed by atoms with Crippen molar-refractivity contribution in [3.8, 4) is 0 Å². The zero-order valence-electron chi connectivity index (χ0n) is 6.42. The number of hydrogen-bond acceptors (Lipinski definition) is 3. The van der Waals surface area contributed by atoms with Crippen molar-refractivity contribution in [1.29, 1.82) is 0 Å². The molecule has 0 saturated heterocycles. The lowest BCUT2D eigenvalue weighted by molar-refractivity contribution is -0.141. The summed E-state index contributed by atoms with van der Waals surface area (Å²) < 4.78 is 12.8. The predicted molar refractivity (Wildman–Crippen MR) is 41.9 cm³/mol. The number of unbranched alkanes of at least 4 members (excludes halogenated alkanes) is 1. The minimum Gasteiger partial charge on any atom is -0.466 e. The number of esters is 1. The molecule has 0 aliphatic carbocycles. The van der Waals surface area contributed by atoms with E-state index in [1.54, 1.807) is 0 Å². The van der Waals surface area contributed by atoms with Gasteiger partial charge in [-0.1, -0.05) is 17.9 Å². The van der Waals surface area contributed by atoms with E-state index >= 15 is 0 Å². The van der Waals surface area contributed by atoms with Gasteiger partial charge in [0.1, 0.15) is 0 Å². The van der Waals surface area contributed by atoms with Gasteiger partial charge in [-0.25, -0.2) is 0 Å². The second-order valence-electron chi connectivity index (χ2n) is 1.69. The second kappa shape index (κ2) is 11.4. The number of hydrogen-bond donors (Lipinski definition) is 0. The van der Waals surface area contributed by atoms with Crippen LogP contribution in [0.4, 0.5) is 0 Å². The van der Waals surface area contributed by atoms with Crippen LogP contribution in [0.5, 0.6) is 0 Å². The molecule has 0 saturated carbocycles. The number of ether oxygens (including phenoxy) is 1. The summed E-state index contributed by atoms with van der Waals surface area (Å²) in [5.41, 5.74) is 0. The molecule has 0 amide bonds. The van der Waals surface area contributed by atoms with E-state index in [2.05, 4.69) is 11.7 Å². The summed E-state index contributed by atoms with van der Waals surface area (Å²) >= 11 is 0. The molecule has 0 rings (SSSR count). The highest BCUT2D eigenvalue weighted by atomic mass is 31.0. The van der Waals surface area contributed by atoms with Gasteiger partial charge in [0.2, 0.25) is 0 Å². The lowest BCUT2D eigenvalue weighted by Gasteiger charge is -1.96. The van der Waals surface area contributed by atoms with Gasteiger partial charge >= 0.3 is 15.1 Å². The van der Waals surface area contributed by atoms with Crippen molar-refractivity contribution in [2.24, 2.45) is 0 Å². The topological polar surface area (TPSA) is 43.4 Å². The molecule has 0 radical (unpaired) electrons. The summed E-state index contributed by atoms with van der Waals surface area (Å²) in [6.45, 7) is 4.06. The monoisotopic (exact) mass is 165 g/mol.